The third kappa shape index (κ3) is 3.47. The van der Waals surface area contributed by atoms with Gasteiger partial charge in [0.1, 0.15) is 5.82 Å². The summed E-state index contributed by atoms with van der Waals surface area (Å²) in [6.07, 6.45) is 3.37. The Bertz CT molecular complexity index is 368. The number of nitrogens with two attached hydrogens (primary N) is 1. The Kier molecular flexibility index (Phi) is 4.65. The number of nitrogens with one attached hydrogen (secondary N) is 1. The van der Waals surface area contributed by atoms with Crippen LogP contribution in [0.3, 0.4) is 0 Å². The quantitative estimate of drug-likeness (QED) is 0.433. The second-order valence-corrected chi connectivity index (χ2v) is 3.54. The number of rotatable bonds is 6. The third-order valence-electron chi connectivity index (χ3n) is 2.21. The van der Waals surface area contributed by atoms with Crippen LogP contribution in [0.5, 0.6) is 0 Å². The van der Waals surface area contributed by atoms with Crippen molar-refractivity contribution in [1.82, 2.24) is 4.98 Å². The zero-order valence-electron chi connectivity index (χ0n) is 9.27. The van der Waals surface area contributed by atoms with Crippen molar-refractivity contribution in [2.45, 2.75) is 19.8 Å². The average molecular weight is 224 g/mol. The second-order valence-electron chi connectivity index (χ2n) is 3.54. The Morgan fingerprint density at radius 1 is 1.56 bits per heavy atom. The molecule has 0 aromatic carbocycles. The van der Waals surface area contributed by atoms with E-state index in [1.165, 1.54) is 12.3 Å². The molecule has 0 atom stereocenters. The van der Waals surface area contributed by atoms with Crippen molar-refractivity contribution >= 4 is 11.5 Å². The van der Waals surface area contributed by atoms with Gasteiger partial charge in [-0.3, -0.25) is 10.1 Å². The fraction of sp³-hybridized carbons (Fsp3) is 0.500. The number of hydrogen-bond acceptors (Lipinski definition) is 5. The molecule has 0 aliphatic heterocycles. The number of nitro groups is 1. The lowest BCUT2D eigenvalue weighted by Gasteiger charge is -2.05. The highest BCUT2D eigenvalue weighted by Crippen LogP contribution is 2.19. The van der Waals surface area contributed by atoms with Gasteiger partial charge in [0.2, 0.25) is 0 Å². The molecule has 0 fully saturated rings. The van der Waals surface area contributed by atoms with Crippen LogP contribution in [-0.2, 0) is 0 Å². The monoisotopic (exact) mass is 224 g/mol. The summed E-state index contributed by atoms with van der Waals surface area (Å²) in [4.78, 5) is 14.4. The maximum absolute atomic E-state index is 10.7. The number of anilines is 1. The molecule has 0 spiro atoms. The van der Waals surface area contributed by atoms with Crippen LogP contribution in [-0.4, -0.2) is 23.0 Å². The normalized spacial score (nSPS) is 10.1. The fourth-order valence-corrected chi connectivity index (χ4v) is 1.29. The Morgan fingerprint density at radius 3 is 2.94 bits per heavy atom. The van der Waals surface area contributed by atoms with Crippen molar-refractivity contribution in [1.29, 1.82) is 0 Å². The van der Waals surface area contributed by atoms with E-state index in [0.717, 1.165) is 19.4 Å². The van der Waals surface area contributed by atoms with Crippen molar-refractivity contribution < 1.29 is 4.92 Å². The summed E-state index contributed by atoms with van der Waals surface area (Å²) in [6.45, 7) is 3.05. The number of unbranched alkanes of at least 4 members (excludes halogenated alkanes) is 1. The summed E-state index contributed by atoms with van der Waals surface area (Å²) in [5.41, 5.74) is 6.02. The average Bonchev–Trinajstić information content (AvgIpc) is 2.26. The number of hydrogen-bond donors (Lipinski definition) is 2. The van der Waals surface area contributed by atoms with Crippen LogP contribution >= 0.6 is 0 Å². The second kappa shape index (κ2) is 6.02. The minimum Gasteiger partial charge on any atom is -0.370 e. The van der Waals surface area contributed by atoms with E-state index in [4.69, 9.17) is 5.73 Å². The van der Waals surface area contributed by atoms with E-state index in [1.807, 2.05) is 0 Å². The van der Waals surface area contributed by atoms with Crippen LogP contribution in [0.15, 0.2) is 12.3 Å². The van der Waals surface area contributed by atoms with Gasteiger partial charge in [-0.1, -0.05) is 0 Å². The molecule has 0 bridgehead atoms. The summed E-state index contributed by atoms with van der Waals surface area (Å²) in [5.74, 6) is 0.536. The van der Waals surface area contributed by atoms with Crippen LogP contribution in [0.25, 0.3) is 0 Å². The molecule has 1 rings (SSSR count). The summed E-state index contributed by atoms with van der Waals surface area (Å²) >= 11 is 0. The lowest BCUT2D eigenvalue weighted by Crippen LogP contribution is -2.07. The highest BCUT2D eigenvalue weighted by atomic mass is 16.6. The zero-order valence-corrected chi connectivity index (χ0v) is 9.27. The molecule has 6 nitrogen and oxygen atoms in total. The first-order chi connectivity index (χ1) is 7.65. The number of pyridine rings is 1. The van der Waals surface area contributed by atoms with Gasteiger partial charge in [-0.05, 0) is 26.3 Å². The van der Waals surface area contributed by atoms with Gasteiger partial charge in [0.15, 0.2) is 0 Å². The predicted molar refractivity (Wildman–Crippen MR) is 62.4 cm³/mol. The Hall–Kier alpha value is -1.69. The van der Waals surface area contributed by atoms with E-state index < -0.39 is 4.92 Å². The van der Waals surface area contributed by atoms with Gasteiger partial charge in [-0.2, -0.15) is 0 Å². The molecule has 16 heavy (non-hydrogen) atoms. The highest BCUT2D eigenvalue weighted by molar-refractivity contribution is 5.48. The van der Waals surface area contributed by atoms with Gasteiger partial charge >= 0.3 is 0 Å². The zero-order chi connectivity index (χ0) is 12.0. The summed E-state index contributed by atoms with van der Waals surface area (Å²) in [7, 11) is 0. The molecule has 0 unspecified atom stereocenters. The fourth-order valence-electron chi connectivity index (χ4n) is 1.29. The van der Waals surface area contributed by atoms with Crippen LogP contribution in [0.1, 0.15) is 18.4 Å². The maximum Gasteiger partial charge on any atom is 0.277 e. The van der Waals surface area contributed by atoms with Crippen LogP contribution < -0.4 is 11.1 Å². The van der Waals surface area contributed by atoms with Gasteiger partial charge in [0.25, 0.3) is 5.69 Å². The van der Waals surface area contributed by atoms with E-state index in [2.05, 4.69) is 10.3 Å². The third-order valence-corrected chi connectivity index (χ3v) is 2.21. The first-order valence-electron chi connectivity index (χ1n) is 5.20. The van der Waals surface area contributed by atoms with Crippen LogP contribution in [0, 0.1) is 17.0 Å². The summed E-state index contributed by atoms with van der Waals surface area (Å²) < 4.78 is 0. The summed E-state index contributed by atoms with van der Waals surface area (Å²) in [6, 6.07) is 1.46. The SMILES string of the molecule is Cc1cnc(NCCCCN)cc1[N+](=O)[O-]. The molecule has 3 N–H and O–H groups in total. The van der Waals surface area contributed by atoms with Crippen molar-refractivity contribution in [3.63, 3.8) is 0 Å². The minimum atomic E-state index is -0.401. The minimum absolute atomic E-state index is 0.0938. The molecule has 0 radical (unpaired) electrons. The van der Waals surface area contributed by atoms with Gasteiger partial charge in [-0.15, -0.1) is 0 Å². The van der Waals surface area contributed by atoms with Crippen LogP contribution in [0.4, 0.5) is 11.5 Å². The molecule has 1 aromatic rings. The molecule has 0 saturated carbocycles. The van der Waals surface area contributed by atoms with Gasteiger partial charge in [0.05, 0.1) is 11.0 Å². The first-order valence-corrected chi connectivity index (χ1v) is 5.20. The molecule has 1 heterocycles. The lowest BCUT2D eigenvalue weighted by molar-refractivity contribution is -0.385. The largest absolute Gasteiger partial charge is 0.370 e. The predicted octanol–water partition coefficient (Wildman–Crippen LogP) is 1.45. The molecule has 88 valence electrons. The maximum atomic E-state index is 10.7. The molecule has 1 aromatic heterocycles. The Balaban J connectivity index is 2.61. The van der Waals surface area contributed by atoms with Crippen LogP contribution in [0.2, 0.25) is 0 Å². The summed E-state index contributed by atoms with van der Waals surface area (Å²) in [5, 5.41) is 13.7. The molecular weight excluding hydrogens is 208 g/mol. The van der Waals surface area contributed by atoms with E-state index in [-0.39, 0.29) is 5.69 Å². The van der Waals surface area contributed by atoms with E-state index >= 15 is 0 Å². The molecule has 6 heteroatoms. The first kappa shape index (κ1) is 12.4. The van der Waals surface area contributed by atoms with E-state index in [1.54, 1.807) is 6.92 Å². The molecule has 0 amide bonds. The van der Waals surface area contributed by atoms with Crippen molar-refractivity contribution in [2.75, 3.05) is 18.4 Å². The Labute approximate surface area is 94.0 Å². The molecular formula is C10H16N4O2. The molecule has 0 saturated heterocycles. The topological polar surface area (TPSA) is 94.1 Å². The highest BCUT2D eigenvalue weighted by Gasteiger charge is 2.11. The molecule has 0 aliphatic carbocycles. The lowest BCUT2D eigenvalue weighted by atomic mass is 10.2. The Morgan fingerprint density at radius 2 is 2.31 bits per heavy atom. The van der Waals surface area contributed by atoms with Gasteiger partial charge in [-0.25, -0.2) is 4.98 Å². The van der Waals surface area contributed by atoms with Crippen molar-refractivity contribution in [2.24, 2.45) is 5.73 Å². The van der Waals surface area contributed by atoms with Crippen molar-refractivity contribution in [3.8, 4) is 0 Å². The van der Waals surface area contributed by atoms with Gasteiger partial charge in [0, 0.05) is 18.3 Å². The smallest absolute Gasteiger partial charge is 0.277 e. The standard InChI is InChI=1S/C10H16N4O2/c1-8-7-13-10(6-9(8)14(15)16)12-5-3-2-4-11/h6-7H,2-5,11H2,1H3,(H,12,13). The number of aryl methyl sites for hydroxylation is 1. The van der Waals surface area contributed by atoms with E-state index in [0.29, 0.717) is 17.9 Å². The number of aromatic nitrogens is 1. The van der Waals surface area contributed by atoms with E-state index in [9.17, 15) is 10.1 Å². The van der Waals surface area contributed by atoms with Gasteiger partial charge < -0.3 is 11.1 Å². The van der Waals surface area contributed by atoms with Crippen molar-refractivity contribution in [3.05, 3.63) is 27.9 Å². The molecule has 0 aliphatic rings. The number of nitrogens with zero attached hydrogens (tertiary/aromatic N) is 2.